The van der Waals surface area contributed by atoms with Crippen molar-refractivity contribution in [3.8, 4) is 0 Å². The van der Waals surface area contributed by atoms with Crippen molar-refractivity contribution in [2.45, 2.75) is 6.17 Å². The second-order valence-electron chi connectivity index (χ2n) is 3.35. The number of rotatable bonds is 3. The van der Waals surface area contributed by atoms with Gasteiger partial charge < -0.3 is 15.4 Å². The molecule has 0 aromatic carbocycles. The monoisotopic (exact) mass is 231 g/mol. The molecule has 0 radical (unpaired) electrons. The van der Waals surface area contributed by atoms with Crippen molar-refractivity contribution in [1.29, 1.82) is 0 Å². The molecule has 1 aliphatic rings. The van der Waals surface area contributed by atoms with Crippen LogP contribution in [-0.2, 0) is 4.74 Å². The highest BCUT2D eigenvalue weighted by molar-refractivity contribution is 7.15. The average Bonchev–Trinajstić information content (AvgIpc) is 2.78. The molecule has 6 heteroatoms. The normalized spacial score (nSPS) is 19.2. The first-order valence-corrected chi connectivity index (χ1v) is 5.75. The summed E-state index contributed by atoms with van der Waals surface area (Å²) in [4.78, 5) is 6.92. The highest BCUT2D eigenvalue weighted by Gasteiger charge is 2.17. The Kier molecular flexibility index (Phi) is 3.50. The van der Waals surface area contributed by atoms with Gasteiger partial charge in [-0.15, -0.1) is 0 Å². The van der Waals surface area contributed by atoms with Gasteiger partial charge in [-0.3, -0.25) is 0 Å². The van der Waals surface area contributed by atoms with E-state index in [0.717, 1.165) is 18.2 Å². The molecule has 2 rings (SSSR count). The van der Waals surface area contributed by atoms with Gasteiger partial charge in [0, 0.05) is 25.8 Å². The fourth-order valence-corrected chi connectivity index (χ4v) is 2.40. The zero-order valence-electron chi connectivity index (χ0n) is 8.36. The van der Waals surface area contributed by atoms with Gasteiger partial charge in [-0.25, -0.2) is 9.37 Å². The highest BCUT2D eigenvalue weighted by Crippen LogP contribution is 2.28. The number of aromatic nitrogens is 1. The van der Waals surface area contributed by atoms with Crippen LogP contribution in [-0.4, -0.2) is 37.8 Å². The van der Waals surface area contributed by atoms with Crippen molar-refractivity contribution in [3.63, 3.8) is 0 Å². The maximum absolute atomic E-state index is 13.2. The summed E-state index contributed by atoms with van der Waals surface area (Å²) >= 11 is 1.38. The minimum atomic E-state index is -1.09. The van der Waals surface area contributed by atoms with E-state index in [2.05, 4.69) is 9.88 Å². The lowest BCUT2D eigenvalue weighted by molar-refractivity contribution is 0.122. The van der Waals surface area contributed by atoms with Crippen LogP contribution >= 0.6 is 11.3 Å². The quantitative estimate of drug-likeness (QED) is 0.841. The van der Waals surface area contributed by atoms with Crippen molar-refractivity contribution in [2.75, 3.05) is 37.7 Å². The summed E-state index contributed by atoms with van der Waals surface area (Å²) in [7, 11) is 0. The molecule has 2 N–H and O–H groups in total. The first-order chi connectivity index (χ1) is 7.31. The fraction of sp³-hybridized carbons (Fsp3) is 0.667. The van der Waals surface area contributed by atoms with E-state index in [1.165, 1.54) is 11.3 Å². The number of nitrogens with two attached hydrogens (primary N) is 1. The van der Waals surface area contributed by atoms with Crippen molar-refractivity contribution in [2.24, 2.45) is 5.73 Å². The second-order valence-corrected chi connectivity index (χ2v) is 4.39. The fourth-order valence-electron chi connectivity index (χ4n) is 1.44. The number of halogens is 1. The van der Waals surface area contributed by atoms with E-state index in [4.69, 9.17) is 10.5 Å². The minimum absolute atomic E-state index is 0.0186. The van der Waals surface area contributed by atoms with Crippen molar-refractivity contribution < 1.29 is 9.13 Å². The smallest absolute Gasteiger partial charge is 0.185 e. The molecular weight excluding hydrogens is 217 g/mol. The first-order valence-electron chi connectivity index (χ1n) is 4.94. The molecule has 1 atom stereocenters. The molecule has 1 aliphatic heterocycles. The summed E-state index contributed by atoms with van der Waals surface area (Å²) in [6.45, 7) is 3.10. The van der Waals surface area contributed by atoms with Gasteiger partial charge in [-0.05, 0) is 0 Å². The van der Waals surface area contributed by atoms with E-state index in [9.17, 15) is 4.39 Å². The first kappa shape index (κ1) is 10.8. The van der Waals surface area contributed by atoms with E-state index < -0.39 is 6.17 Å². The minimum Gasteiger partial charge on any atom is -0.378 e. The van der Waals surface area contributed by atoms with Crippen molar-refractivity contribution in [1.82, 2.24) is 4.98 Å². The lowest BCUT2D eigenvalue weighted by Gasteiger charge is -2.26. The molecule has 0 aliphatic carbocycles. The van der Waals surface area contributed by atoms with Gasteiger partial charge >= 0.3 is 0 Å². The summed E-state index contributed by atoms with van der Waals surface area (Å²) < 4.78 is 18.5. The Balaban J connectivity index is 2.05. The van der Waals surface area contributed by atoms with E-state index in [-0.39, 0.29) is 6.54 Å². The van der Waals surface area contributed by atoms with Crippen LogP contribution in [0.2, 0.25) is 0 Å². The second kappa shape index (κ2) is 4.87. The molecule has 84 valence electrons. The van der Waals surface area contributed by atoms with Crippen LogP contribution in [0.3, 0.4) is 0 Å². The number of alkyl halides is 1. The van der Waals surface area contributed by atoms with Gasteiger partial charge in [-0.1, -0.05) is 11.3 Å². The number of thiazole rings is 1. The molecule has 2 heterocycles. The number of ether oxygens (including phenoxy) is 1. The van der Waals surface area contributed by atoms with Gasteiger partial charge in [-0.2, -0.15) is 0 Å². The molecule has 1 unspecified atom stereocenters. The third-order valence-electron chi connectivity index (χ3n) is 2.31. The molecule has 1 saturated heterocycles. The van der Waals surface area contributed by atoms with Crippen LogP contribution in [0.25, 0.3) is 0 Å². The summed E-state index contributed by atoms with van der Waals surface area (Å²) in [6.07, 6.45) is 0.491. The predicted octanol–water partition coefficient (Wildman–Crippen LogP) is 0.949. The number of hydrogen-bond acceptors (Lipinski definition) is 5. The molecule has 1 fully saturated rings. The molecule has 1 aromatic rings. The number of morpholine rings is 1. The van der Waals surface area contributed by atoms with Crippen LogP contribution in [0, 0.1) is 0 Å². The number of anilines is 1. The maximum atomic E-state index is 13.2. The lowest BCUT2D eigenvalue weighted by Crippen LogP contribution is -2.36. The Morgan fingerprint density at radius 3 is 3.00 bits per heavy atom. The van der Waals surface area contributed by atoms with Gasteiger partial charge in [0.1, 0.15) is 6.17 Å². The largest absolute Gasteiger partial charge is 0.378 e. The Bertz CT molecular complexity index is 314. The summed E-state index contributed by atoms with van der Waals surface area (Å²) in [6, 6.07) is 0. The average molecular weight is 231 g/mol. The molecule has 0 saturated carbocycles. The summed E-state index contributed by atoms with van der Waals surface area (Å²) in [5, 5.41) is 0.865. The molecule has 15 heavy (non-hydrogen) atoms. The lowest BCUT2D eigenvalue weighted by atomic mass is 10.3. The van der Waals surface area contributed by atoms with Gasteiger partial charge in [0.25, 0.3) is 0 Å². The third-order valence-corrected chi connectivity index (χ3v) is 3.45. The molecule has 4 nitrogen and oxygen atoms in total. The third kappa shape index (κ3) is 2.45. The molecular formula is C9H14FN3OS. The molecule has 0 spiro atoms. The molecule has 1 aromatic heterocycles. The van der Waals surface area contributed by atoms with Crippen LogP contribution in [0.5, 0.6) is 0 Å². The maximum Gasteiger partial charge on any atom is 0.185 e. The Labute approximate surface area is 91.9 Å². The Morgan fingerprint density at radius 1 is 1.60 bits per heavy atom. The predicted molar refractivity (Wildman–Crippen MR) is 58.0 cm³/mol. The van der Waals surface area contributed by atoms with E-state index in [1.54, 1.807) is 6.20 Å². The van der Waals surface area contributed by atoms with E-state index in [0.29, 0.717) is 18.1 Å². The van der Waals surface area contributed by atoms with E-state index in [1.807, 2.05) is 0 Å². The Hall–Kier alpha value is -0.720. The standard InChI is InChI=1S/C9H14FN3OS/c10-7(5-11)8-6-12-9(15-8)13-1-3-14-4-2-13/h6-7H,1-5,11H2. The van der Waals surface area contributed by atoms with Crippen molar-refractivity contribution in [3.05, 3.63) is 11.1 Å². The van der Waals surface area contributed by atoms with Crippen LogP contribution < -0.4 is 10.6 Å². The topological polar surface area (TPSA) is 51.4 Å². The van der Waals surface area contributed by atoms with E-state index >= 15 is 0 Å². The summed E-state index contributed by atoms with van der Waals surface area (Å²) in [5.41, 5.74) is 5.26. The highest BCUT2D eigenvalue weighted by atomic mass is 32.1. The summed E-state index contributed by atoms with van der Waals surface area (Å²) in [5.74, 6) is 0. The number of hydrogen-bond donors (Lipinski definition) is 1. The van der Waals surface area contributed by atoms with Crippen LogP contribution in [0.4, 0.5) is 9.52 Å². The van der Waals surface area contributed by atoms with Crippen molar-refractivity contribution >= 4 is 16.5 Å². The van der Waals surface area contributed by atoms with Gasteiger partial charge in [0.15, 0.2) is 5.13 Å². The molecule has 0 bridgehead atoms. The van der Waals surface area contributed by atoms with Crippen LogP contribution in [0.1, 0.15) is 11.0 Å². The SMILES string of the molecule is NCC(F)c1cnc(N2CCOCC2)s1. The Morgan fingerprint density at radius 2 is 2.33 bits per heavy atom. The van der Waals surface area contributed by atoms with Gasteiger partial charge in [0.05, 0.1) is 18.1 Å². The van der Waals surface area contributed by atoms with Crippen LogP contribution in [0.15, 0.2) is 6.20 Å². The van der Waals surface area contributed by atoms with Gasteiger partial charge in [0.2, 0.25) is 0 Å². The zero-order chi connectivity index (χ0) is 10.7. The zero-order valence-corrected chi connectivity index (χ0v) is 9.17. The molecule has 0 amide bonds. The number of nitrogens with zero attached hydrogens (tertiary/aromatic N) is 2.